The third-order valence-corrected chi connectivity index (χ3v) is 5.63. The minimum atomic E-state index is -3.26. The lowest BCUT2D eigenvalue weighted by atomic mass is 10.1. The average molecular weight is 412 g/mol. The summed E-state index contributed by atoms with van der Waals surface area (Å²) in [7, 11) is -3.26. The minimum absolute atomic E-state index is 0.163. The molecule has 1 saturated carbocycles. The Morgan fingerprint density at radius 2 is 2.07 bits per heavy atom. The van der Waals surface area contributed by atoms with Gasteiger partial charge in [0.05, 0.1) is 34.2 Å². The van der Waals surface area contributed by atoms with Crippen molar-refractivity contribution in [3.05, 3.63) is 59.9 Å². The topological polar surface area (TPSA) is 114 Å². The van der Waals surface area contributed by atoms with Gasteiger partial charge in [0.25, 0.3) is 5.91 Å². The first kappa shape index (κ1) is 19.1. The molecule has 0 bridgehead atoms. The number of carbonyl (C=O) groups excluding carboxylic acids is 1. The molecule has 150 valence electrons. The number of pyridine rings is 1. The number of rotatable bonds is 7. The lowest BCUT2D eigenvalue weighted by molar-refractivity contribution is 0.0951. The molecular formula is C20H20N4O4S. The summed E-state index contributed by atoms with van der Waals surface area (Å²) >= 11 is 0. The monoisotopic (exact) mass is 412 g/mol. The van der Waals surface area contributed by atoms with Gasteiger partial charge in [-0.05, 0) is 42.7 Å². The summed E-state index contributed by atoms with van der Waals surface area (Å²) in [6, 6.07) is 10.4. The second-order valence-electron chi connectivity index (χ2n) is 6.99. The summed E-state index contributed by atoms with van der Waals surface area (Å²) in [6.45, 7) is 0.212. The first-order valence-corrected chi connectivity index (χ1v) is 11.0. The Morgan fingerprint density at radius 1 is 1.24 bits per heavy atom. The van der Waals surface area contributed by atoms with Gasteiger partial charge in [-0.1, -0.05) is 12.1 Å². The molecule has 2 aromatic heterocycles. The van der Waals surface area contributed by atoms with Crippen molar-refractivity contribution in [2.45, 2.75) is 30.4 Å². The lowest BCUT2D eigenvalue weighted by Crippen LogP contribution is -2.25. The van der Waals surface area contributed by atoms with Crippen molar-refractivity contribution in [3.8, 4) is 17.1 Å². The standard InChI is InChI=1S/C20H20N4O4S/c1-29(26,27)16-4-2-3-13(9-16)12-28-15-7-8-18(21-10-15)19-17(11-22-24-19)20(25)23-14-5-6-14/h2-4,7-11,14H,5-6,12H2,1H3,(H,22,24)(H,23,25). The van der Waals surface area contributed by atoms with Crippen LogP contribution in [0.1, 0.15) is 28.8 Å². The van der Waals surface area contributed by atoms with Gasteiger partial charge in [0.15, 0.2) is 9.84 Å². The van der Waals surface area contributed by atoms with E-state index in [1.54, 1.807) is 42.6 Å². The summed E-state index contributed by atoms with van der Waals surface area (Å²) in [5, 5.41) is 9.73. The first-order valence-electron chi connectivity index (χ1n) is 9.12. The second kappa shape index (κ2) is 7.67. The lowest BCUT2D eigenvalue weighted by Gasteiger charge is -2.08. The van der Waals surface area contributed by atoms with Crippen molar-refractivity contribution in [2.24, 2.45) is 0 Å². The maximum Gasteiger partial charge on any atom is 0.255 e. The van der Waals surface area contributed by atoms with E-state index in [1.165, 1.54) is 12.5 Å². The summed E-state index contributed by atoms with van der Waals surface area (Å²) in [4.78, 5) is 16.9. The van der Waals surface area contributed by atoms with Crippen molar-refractivity contribution in [1.82, 2.24) is 20.5 Å². The number of aromatic nitrogens is 3. The van der Waals surface area contributed by atoms with Gasteiger partial charge in [0.2, 0.25) is 0 Å². The van der Waals surface area contributed by atoms with Gasteiger partial charge in [-0.2, -0.15) is 5.10 Å². The number of H-pyrrole nitrogens is 1. The van der Waals surface area contributed by atoms with Crippen LogP contribution in [0.3, 0.4) is 0 Å². The smallest absolute Gasteiger partial charge is 0.255 e. The molecule has 0 aliphatic heterocycles. The van der Waals surface area contributed by atoms with Crippen LogP contribution in [-0.2, 0) is 16.4 Å². The molecule has 2 heterocycles. The molecule has 0 atom stereocenters. The number of hydrogen-bond donors (Lipinski definition) is 2. The van der Waals surface area contributed by atoms with E-state index in [4.69, 9.17) is 4.74 Å². The number of sulfone groups is 1. The van der Waals surface area contributed by atoms with Crippen LogP contribution < -0.4 is 10.1 Å². The Bertz CT molecular complexity index is 1140. The number of carbonyl (C=O) groups is 1. The number of amides is 1. The molecule has 0 spiro atoms. The fourth-order valence-corrected chi connectivity index (χ4v) is 3.48. The molecule has 1 aromatic carbocycles. The molecular weight excluding hydrogens is 392 g/mol. The Hall–Kier alpha value is -3.20. The van der Waals surface area contributed by atoms with Crippen LogP contribution in [0.4, 0.5) is 0 Å². The molecule has 8 nitrogen and oxygen atoms in total. The predicted octanol–water partition coefficient (Wildman–Crippen LogP) is 2.35. The number of ether oxygens (including phenoxy) is 1. The molecule has 0 radical (unpaired) electrons. The largest absolute Gasteiger partial charge is 0.487 e. The molecule has 0 saturated heterocycles. The third-order valence-electron chi connectivity index (χ3n) is 4.52. The molecule has 29 heavy (non-hydrogen) atoms. The van der Waals surface area contributed by atoms with Gasteiger partial charge in [0.1, 0.15) is 12.4 Å². The van der Waals surface area contributed by atoms with E-state index in [0.717, 1.165) is 18.4 Å². The van der Waals surface area contributed by atoms with Crippen LogP contribution in [0.25, 0.3) is 11.4 Å². The van der Waals surface area contributed by atoms with Crippen LogP contribution in [0.15, 0.2) is 53.7 Å². The minimum Gasteiger partial charge on any atom is -0.487 e. The van der Waals surface area contributed by atoms with Crippen LogP contribution in [-0.4, -0.2) is 41.8 Å². The highest BCUT2D eigenvalue weighted by molar-refractivity contribution is 7.90. The van der Waals surface area contributed by atoms with Gasteiger partial charge in [-0.25, -0.2) is 8.42 Å². The van der Waals surface area contributed by atoms with Gasteiger partial charge >= 0.3 is 0 Å². The molecule has 4 rings (SSSR count). The second-order valence-corrected chi connectivity index (χ2v) is 9.01. The molecule has 1 aliphatic carbocycles. The highest BCUT2D eigenvalue weighted by atomic mass is 32.2. The zero-order valence-corrected chi connectivity index (χ0v) is 16.6. The van der Waals surface area contributed by atoms with E-state index in [-0.39, 0.29) is 23.5 Å². The average Bonchev–Trinajstić information content (AvgIpc) is 3.38. The van der Waals surface area contributed by atoms with Crippen LogP contribution >= 0.6 is 0 Å². The fourth-order valence-electron chi connectivity index (χ4n) is 2.79. The highest BCUT2D eigenvalue weighted by Crippen LogP contribution is 2.24. The SMILES string of the molecule is CS(=O)(=O)c1cccc(COc2ccc(-c3[nH]ncc3C(=O)NC3CC3)nc2)c1. The van der Waals surface area contributed by atoms with E-state index in [2.05, 4.69) is 20.5 Å². The van der Waals surface area contributed by atoms with Crippen LogP contribution in [0.2, 0.25) is 0 Å². The Balaban J connectivity index is 1.44. The summed E-state index contributed by atoms with van der Waals surface area (Å²) in [5.74, 6) is 0.367. The number of hydrogen-bond acceptors (Lipinski definition) is 6. The molecule has 1 aliphatic rings. The first-order chi connectivity index (χ1) is 13.9. The Morgan fingerprint density at radius 3 is 2.76 bits per heavy atom. The number of nitrogens with zero attached hydrogens (tertiary/aromatic N) is 2. The van der Waals surface area contributed by atoms with Gasteiger partial charge in [-0.15, -0.1) is 0 Å². The van der Waals surface area contributed by atoms with Crippen molar-refractivity contribution in [1.29, 1.82) is 0 Å². The van der Waals surface area contributed by atoms with Crippen molar-refractivity contribution in [3.63, 3.8) is 0 Å². The van der Waals surface area contributed by atoms with Crippen molar-refractivity contribution < 1.29 is 17.9 Å². The number of aromatic amines is 1. The molecule has 1 amide bonds. The highest BCUT2D eigenvalue weighted by Gasteiger charge is 2.26. The third kappa shape index (κ3) is 4.62. The summed E-state index contributed by atoms with van der Waals surface area (Å²) < 4.78 is 29.0. The summed E-state index contributed by atoms with van der Waals surface area (Å²) in [6.07, 6.45) is 6.24. The van der Waals surface area contributed by atoms with Crippen molar-refractivity contribution >= 4 is 15.7 Å². The maximum absolute atomic E-state index is 12.3. The van der Waals surface area contributed by atoms with E-state index in [0.29, 0.717) is 22.7 Å². The Kier molecular flexibility index (Phi) is 5.06. The molecule has 1 fully saturated rings. The van der Waals surface area contributed by atoms with E-state index < -0.39 is 9.84 Å². The molecule has 3 aromatic rings. The van der Waals surface area contributed by atoms with Crippen LogP contribution in [0, 0.1) is 0 Å². The number of benzene rings is 1. The van der Waals surface area contributed by atoms with Gasteiger partial charge in [-0.3, -0.25) is 14.9 Å². The zero-order chi connectivity index (χ0) is 20.4. The van der Waals surface area contributed by atoms with Crippen molar-refractivity contribution in [2.75, 3.05) is 6.26 Å². The fraction of sp³-hybridized carbons (Fsp3) is 0.250. The van der Waals surface area contributed by atoms with E-state index in [1.807, 2.05) is 0 Å². The molecule has 0 unspecified atom stereocenters. The van der Waals surface area contributed by atoms with Gasteiger partial charge in [0, 0.05) is 12.3 Å². The Labute approximate surface area is 168 Å². The summed E-state index contributed by atoms with van der Waals surface area (Å²) in [5.41, 5.74) is 2.32. The van der Waals surface area contributed by atoms with Crippen LogP contribution in [0.5, 0.6) is 5.75 Å². The maximum atomic E-state index is 12.3. The quantitative estimate of drug-likeness (QED) is 0.616. The normalized spacial score (nSPS) is 13.8. The van der Waals surface area contributed by atoms with E-state index in [9.17, 15) is 13.2 Å². The number of nitrogens with one attached hydrogen (secondary N) is 2. The zero-order valence-electron chi connectivity index (χ0n) is 15.8. The van der Waals surface area contributed by atoms with E-state index >= 15 is 0 Å². The molecule has 2 N–H and O–H groups in total. The molecule has 9 heteroatoms. The predicted molar refractivity (Wildman–Crippen MR) is 106 cm³/mol. The van der Waals surface area contributed by atoms with Gasteiger partial charge < -0.3 is 10.1 Å².